The van der Waals surface area contributed by atoms with Crippen molar-refractivity contribution in [3.63, 3.8) is 0 Å². The maximum atomic E-state index is 12.1. The first-order chi connectivity index (χ1) is 8.16. The Morgan fingerprint density at radius 3 is 2.78 bits per heavy atom. The third-order valence-electron chi connectivity index (χ3n) is 2.76. The number of carbonyl (C=O) groups excluding carboxylic acids is 1. The van der Waals surface area contributed by atoms with Crippen LogP contribution in [0.3, 0.4) is 0 Å². The normalized spacial score (nSPS) is 15.6. The zero-order valence-corrected chi connectivity index (χ0v) is 12.4. The molecule has 4 nitrogen and oxygen atoms in total. The van der Waals surface area contributed by atoms with Crippen molar-refractivity contribution >= 4 is 29.7 Å². The van der Waals surface area contributed by atoms with Gasteiger partial charge in [0.05, 0.1) is 5.01 Å². The summed E-state index contributed by atoms with van der Waals surface area (Å²) in [5.41, 5.74) is 0.618. The number of piperazine rings is 1. The van der Waals surface area contributed by atoms with E-state index in [0.29, 0.717) is 11.6 Å². The summed E-state index contributed by atoms with van der Waals surface area (Å²) in [4.78, 5) is 18.5. The Morgan fingerprint density at radius 1 is 1.50 bits per heavy atom. The molecule has 0 spiro atoms. The van der Waals surface area contributed by atoms with E-state index in [1.807, 2.05) is 10.3 Å². The minimum absolute atomic E-state index is 0. The molecule has 102 valence electrons. The lowest BCUT2D eigenvalue weighted by molar-refractivity contribution is 0.0730. The number of nitrogens with one attached hydrogen (secondary N) is 1. The van der Waals surface area contributed by atoms with Gasteiger partial charge in [0.25, 0.3) is 5.91 Å². The number of rotatable bonds is 3. The van der Waals surface area contributed by atoms with Crippen LogP contribution in [0.2, 0.25) is 0 Å². The summed E-state index contributed by atoms with van der Waals surface area (Å²) in [6.07, 6.45) is 0.958. The van der Waals surface area contributed by atoms with Crippen molar-refractivity contribution in [2.75, 3.05) is 26.2 Å². The quantitative estimate of drug-likeness (QED) is 0.923. The van der Waals surface area contributed by atoms with Crippen LogP contribution in [0.5, 0.6) is 0 Å². The molecule has 0 aliphatic carbocycles. The highest BCUT2D eigenvalue weighted by Gasteiger charge is 2.20. The maximum absolute atomic E-state index is 12.1. The SMILES string of the molecule is CC(C)Cc1nc(C(=O)N2CCNCC2)cs1.Cl. The van der Waals surface area contributed by atoms with Gasteiger partial charge in [0.15, 0.2) is 0 Å². The molecule has 1 amide bonds. The van der Waals surface area contributed by atoms with Gasteiger partial charge >= 0.3 is 0 Å². The fraction of sp³-hybridized carbons (Fsp3) is 0.667. The highest BCUT2D eigenvalue weighted by atomic mass is 35.5. The number of halogens is 1. The predicted octanol–water partition coefficient (Wildman–Crippen LogP) is 1.81. The summed E-state index contributed by atoms with van der Waals surface area (Å²) >= 11 is 1.60. The standard InChI is InChI=1S/C12H19N3OS.ClH/c1-9(2)7-11-14-10(8-17-11)12(16)15-5-3-13-4-6-15;/h8-9,13H,3-7H2,1-2H3;1H. The summed E-state index contributed by atoms with van der Waals surface area (Å²) in [7, 11) is 0. The molecule has 2 heterocycles. The second kappa shape index (κ2) is 7.07. The zero-order chi connectivity index (χ0) is 12.3. The molecule has 1 aromatic heterocycles. The molecule has 0 radical (unpaired) electrons. The molecule has 0 aromatic carbocycles. The van der Waals surface area contributed by atoms with Crippen molar-refractivity contribution < 1.29 is 4.79 Å². The van der Waals surface area contributed by atoms with E-state index < -0.39 is 0 Å². The average Bonchev–Trinajstić information content (AvgIpc) is 2.77. The van der Waals surface area contributed by atoms with E-state index in [9.17, 15) is 4.79 Å². The van der Waals surface area contributed by atoms with Crippen LogP contribution in [-0.2, 0) is 6.42 Å². The monoisotopic (exact) mass is 289 g/mol. The summed E-state index contributed by atoms with van der Waals surface area (Å²) in [5.74, 6) is 0.668. The molecule has 1 fully saturated rings. The molecule has 1 aliphatic heterocycles. The zero-order valence-electron chi connectivity index (χ0n) is 10.8. The molecule has 1 aliphatic rings. The smallest absolute Gasteiger partial charge is 0.273 e. The first-order valence-electron chi connectivity index (χ1n) is 6.11. The number of aromatic nitrogens is 1. The van der Waals surface area contributed by atoms with Gasteiger partial charge in [0.2, 0.25) is 0 Å². The molecule has 1 N–H and O–H groups in total. The van der Waals surface area contributed by atoms with Gasteiger partial charge < -0.3 is 10.2 Å². The fourth-order valence-corrected chi connectivity index (χ4v) is 2.86. The van der Waals surface area contributed by atoms with Crippen molar-refractivity contribution in [1.82, 2.24) is 15.2 Å². The van der Waals surface area contributed by atoms with Crippen LogP contribution in [0.1, 0.15) is 29.3 Å². The lowest BCUT2D eigenvalue weighted by Gasteiger charge is -2.26. The predicted molar refractivity (Wildman–Crippen MR) is 76.7 cm³/mol. The van der Waals surface area contributed by atoms with Crippen LogP contribution in [0.4, 0.5) is 0 Å². The number of hydrogen-bond acceptors (Lipinski definition) is 4. The Bertz CT molecular complexity index is 388. The lowest BCUT2D eigenvalue weighted by atomic mass is 10.1. The van der Waals surface area contributed by atoms with E-state index in [0.717, 1.165) is 37.6 Å². The minimum atomic E-state index is 0. The molecular formula is C12H20ClN3OS. The molecular weight excluding hydrogens is 270 g/mol. The Morgan fingerprint density at radius 2 is 2.17 bits per heavy atom. The fourth-order valence-electron chi connectivity index (χ4n) is 1.88. The third kappa shape index (κ3) is 3.93. The first kappa shape index (κ1) is 15.4. The molecule has 0 unspecified atom stereocenters. The van der Waals surface area contributed by atoms with Gasteiger partial charge in [-0.3, -0.25) is 4.79 Å². The Kier molecular flexibility index (Phi) is 6.05. The maximum Gasteiger partial charge on any atom is 0.273 e. The van der Waals surface area contributed by atoms with Gasteiger partial charge in [0.1, 0.15) is 5.69 Å². The van der Waals surface area contributed by atoms with Gasteiger partial charge in [-0.05, 0) is 5.92 Å². The molecule has 1 saturated heterocycles. The van der Waals surface area contributed by atoms with Gasteiger partial charge in [-0.15, -0.1) is 23.7 Å². The summed E-state index contributed by atoms with van der Waals surface area (Å²) in [6.45, 7) is 7.67. The third-order valence-corrected chi connectivity index (χ3v) is 3.63. The van der Waals surface area contributed by atoms with E-state index in [1.165, 1.54) is 0 Å². The second-order valence-corrected chi connectivity index (χ2v) is 5.71. The molecule has 0 saturated carbocycles. The molecule has 2 rings (SSSR count). The summed E-state index contributed by atoms with van der Waals surface area (Å²) in [6, 6.07) is 0. The average molecular weight is 290 g/mol. The van der Waals surface area contributed by atoms with Crippen LogP contribution in [0, 0.1) is 5.92 Å². The Labute approximate surface area is 118 Å². The van der Waals surface area contributed by atoms with E-state index in [-0.39, 0.29) is 18.3 Å². The van der Waals surface area contributed by atoms with Gasteiger partial charge in [-0.1, -0.05) is 13.8 Å². The number of nitrogens with zero attached hydrogens (tertiary/aromatic N) is 2. The van der Waals surface area contributed by atoms with Crippen LogP contribution >= 0.6 is 23.7 Å². The van der Waals surface area contributed by atoms with Crippen molar-refractivity contribution in [2.45, 2.75) is 20.3 Å². The molecule has 1 aromatic rings. The van der Waals surface area contributed by atoms with Crippen molar-refractivity contribution in [3.8, 4) is 0 Å². The molecule has 6 heteroatoms. The minimum Gasteiger partial charge on any atom is -0.335 e. The van der Waals surface area contributed by atoms with E-state index in [4.69, 9.17) is 0 Å². The van der Waals surface area contributed by atoms with Crippen molar-refractivity contribution in [3.05, 3.63) is 16.1 Å². The van der Waals surface area contributed by atoms with Crippen molar-refractivity contribution in [2.24, 2.45) is 5.92 Å². The highest BCUT2D eigenvalue weighted by Crippen LogP contribution is 2.15. The van der Waals surface area contributed by atoms with Gasteiger partial charge in [-0.25, -0.2) is 4.98 Å². The van der Waals surface area contributed by atoms with E-state index in [1.54, 1.807) is 11.3 Å². The number of hydrogen-bond donors (Lipinski definition) is 1. The largest absolute Gasteiger partial charge is 0.335 e. The highest BCUT2D eigenvalue weighted by molar-refractivity contribution is 7.09. The molecule has 0 bridgehead atoms. The molecule has 0 atom stereocenters. The van der Waals surface area contributed by atoms with Gasteiger partial charge in [-0.2, -0.15) is 0 Å². The Hall–Kier alpha value is -0.650. The van der Waals surface area contributed by atoms with Crippen LogP contribution in [0.15, 0.2) is 5.38 Å². The topological polar surface area (TPSA) is 45.2 Å². The van der Waals surface area contributed by atoms with Crippen LogP contribution < -0.4 is 5.32 Å². The summed E-state index contributed by atoms with van der Waals surface area (Å²) < 4.78 is 0. The number of thiazole rings is 1. The lowest BCUT2D eigenvalue weighted by Crippen LogP contribution is -2.46. The summed E-state index contributed by atoms with van der Waals surface area (Å²) in [5, 5.41) is 6.20. The first-order valence-corrected chi connectivity index (χ1v) is 6.99. The van der Waals surface area contributed by atoms with Gasteiger partial charge in [0, 0.05) is 38.0 Å². The molecule has 18 heavy (non-hydrogen) atoms. The number of amides is 1. The van der Waals surface area contributed by atoms with Crippen molar-refractivity contribution in [1.29, 1.82) is 0 Å². The van der Waals surface area contributed by atoms with E-state index in [2.05, 4.69) is 24.1 Å². The second-order valence-electron chi connectivity index (χ2n) is 4.77. The Balaban J connectivity index is 0.00000162. The van der Waals surface area contributed by atoms with E-state index >= 15 is 0 Å². The number of carbonyl (C=O) groups is 1. The van der Waals surface area contributed by atoms with Crippen LogP contribution in [0.25, 0.3) is 0 Å². The van der Waals surface area contributed by atoms with Crippen LogP contribution in [-0.4, -0.2) is 42.0 Å².